The Hall–Kier alpha value is -2.78. The van der Waals surface area contributed by atoms with Crippen LogP contribution in [0.25, 0.3) is 10.4 Å². The minimum Gasteiger partial charge on any atom is -0.391 e. The molecular formula is C26H34N4O4S. The van der Waals surface area contributed by atoms with Crippen molar-refractivity contribution in [1.82, 2.24) is 20.5 Å². The summed E-state index contributed by atoms with van der Waals surface area (Å²) in [6, 6.07) is 6.61. The third-order valence-corrected chi connectivity index (χ3v) is 7.86. The van der Waals surface area contributed by atoms with E-state index >= 15 is 0 Å². The maximum Gasteiger partial charge on any atom is 0.246 e. The molecule has 3 N–H and O–H groups in total. The molecule has 3 atom stereocenters. The topological polar surface area (TPSA) is 112 Å². The number of β-amino-alcohol motifs (C(OH)–C–C–N with tert-alkyl or cyclic N) is 1. The lowest BCUT2D eigenvalue weighted by atomic mass is 9.85. The van der Waals surface area contributed by atoms with Gasteiger partial charge in [0.1, 0.15) is 12.1 Å². The summed E-state index contributed by atoms with van der Waals surface area (Å²) >= 11 is 1.60. The highest BCUT2D eigenvalue weighted by atomic mass is 32.1. The Balaban J connectivity index is 1.50. The molecule has 188 valence electrons. The first-order valence-corrected chi connectivity index (χ1v) is 12.9. The molecule has 2 aliphatic rings. The Bertz CT molecular complexity index is 1120. The van der Waals surface area contributed by atoms with Crippen molar-refractivity contribution < 1.29 is 19.5 Å². The number of aromatic nitrogens is 1. The molecule has 0 radical (unpaired) electrons. The number of carbonyl (C=O) groups excluding carboxylic acids is 3. The summed E-state index contributed by atoms with van der Waals surface area (Å²) in [5.41, 5.74) is 3.95. The summed E-state index contributed by atoms with van der Waals surface area (Å²) in [6.07, 6.45) is 1.02. The molecule has 1 aromatic carbocycles. The van der Waals surface area contributed by atoms with E-state index in [4.69, 9.17) is 0 Å². The van der Waals surface area contributed by atoms with E-state index in [1.165, 1.54) is 11.8 Å². The van der Waals surface area contributed by atoms with E-state index in [-0.39, 0.29) is 30.7 Å². The van der Waals surface area contributed by atoms with Crippen molar-refractivity contribution in [3.8, 4) is 10.4 Å². The first kappa shape index (κ1) is 25.3. The first-order chi connectivity index (χ1) is 16.4. The molecule has 2 heterocycles. The number of aliphatic hydroxyl groups excluding tert-OH is 1. The van der Waals surface area contributed by atoms with E-state index in [0.717, 1.165) is 34.5 Å². The fourth-order valence-corrected chi connectivity index (χ4v) is 5.58. The van der Waals surface area contributed by atoms with Crippen LogP contribution in [0.1, 0.15) is 58.2 Å². The number of aryl methyl sites for hydroxylation is 1. The number of nitrogens with one attached hydrogen (secondary N) is 2. The molecule has 0 unspecified atom stereocenters. The van der Waals surface area contributed by atoms with Crippen molar-refractivity contribution in [2.45, 2.75) is 77.6 Å². The zero-order valence-corrected chi connectivity index (χ0v) is 21.7. The molecule has 8 nitrogen and oxygen atoms in total. The number of likely N-dealkylation sites (tertiary alicyclic amines) is 1. The number of aliphatic hydroxyl groups is 1. The van der Waals surface area contributed by atoms with Crippen molar-refractivity contribution >= 4 is 29.1 Å². The van der Waals surface area contributed by atoms with E-state index in [0.29, 0.717) is 0 Å². The smallest absolute Gasteiger partial charge is 0.246 e. The number of thiazole rings is 1. The maximum atomic E-state index is 13.4. The molecule has 4 rings (SSSR count). The zero-order chi connectivity index (χ0) is 25.5. The van der Waals surface area contributed by atoms with Crippen LogP contribution in [0.3, 0.4) is 0 Å². The van der Waals surface area contributed by atoms with Crippen LogP contribution >= 0.6 is 11.3 Å². The number of amides is 3. The van der Waals surface area contributed by atoms with E-state index < -0.39 is 29.1 Å². The third-order valence-electron chi connectivity index (χ3n) is 6.88. The highest BCUT2D eigenvalue weighted by Gasteiger charge is 2.50. The summed E-state index contributed by atoms with van der Waals surface area (Å²) in [5.74, 6) is -0.934. The Morgan fingerprint density at radius 3 is 2.37 bits per heavy atom. The number of hydrogen-bond acceptors (Lipinski definition) is 6. The highest BCUT2D eigenvalue weighted by Crippen LogP contribution is 2.46. The quantitative estimate of drug-likeness (QED) is 0.567. The Morgan fingerprint density at radius 1 is 1.20 bits per heavy atom. The number of rotatable bonds is 6. The molecule has 9 heteroatoms. The average molecular weight is 499 g/mol. The fourth-order valence-electron chi connectivity index (χ4n) is 4.77. The number of nitrogens with zero attached hydrogens (tertiary/aromatic N) is 2. The number of carbonyl (C=O) groups is 3. The van der Waals surface area contributed by atoms with Crippen LogP contribution in [0.2, 0.25) is 0 Å². The first-order valence-electron chi connectivity index (χ1n) is 12.0. The van der Waals surface area contributed by atoms with Crippen molar-refractivity contribution in [3.63, 3.8) is 0 Å². The van der Waals surface area contributed by atoms with Crippen LogP contribution in [0, 0.1) is 12.3 Å². The minimum absolute atomic E-state index is 0.0684. The second-order valence-corrected chi connectivity index (χ2v) is 11.7. The van der Waals surface area contributed by atoms with Crippen molar-refractivity contribution in [3.05, 3.63) is 41.0 Å². The molecule has 3 amide bonds. The van der Waals surface area contributed by atoms with Gasteiger partial charge in [-0.1, -0.05) is 45.0 Å². The number of hydrogen-bond donors (Lipinski definition) is 3. The molecule has 35 heavy (non-hydrogen) atoms. The van der Waals surface area contributed by atoms with E-state index in [1.54, 1.807) is 11.3 Å². The standard InChI is InChI=1S/C26H34N4O4S/c1-15-21(35-14-27-15)17-6-8-18(9-7-17)26(10-11-26)29-23(33)20-12-19(32)13-30(20)24(34)22(25(3,4)5)28-16(2)31/h6-9,14,19-20,22,32H,10-13H2,1-5H3,(H,28,31)(H,29,33)/t19-,20+,22-/m1/s1. The molecule has 0 spiro atoms. The predicted octanol–water partition coefficient (Wildman–Crippen LogP) is 2.74. The zero-order valence-electron chi connectivity index (χ0n) is 20.9. The van der Waals surface area contributed by atoms with E-state index in [9.17, 15) is 19.5 Å². The van der Waals surface area contributed by atoms with Crippen LogP contribution in [-0.4, -0.2) is 57.4 Å². The van der Waals surface area contributed by atoms with Gasteiger partial charge < -0.3 is 20.6 Å². The molecule has 2 aromatic rings. The van der Waals surface area contributed by atoms with Crippen molar-refractivity contribution in [2.75, 3.05) is 6.54 Å². The molecule has 1 aliphatic heterocycles. The van der Waals surface area contributed by atoms with Gasteiger partial charge in [-0.25, -0.2) is 4.98 Å². The van der Waals surface area contributed by atoms with Gasteiger partial charge in [0, 0.05) is 19.9 Å². The Morgan fingerprint density at radius 2 is 1.86 bits per heavy atom. The fraction of sp³-hybridized carbons (Fsp3) is 0.538. The minimum atomic E-state index is -0.793. The molecule has 2 fully saturated rings. The summed E-state index contributed by atoms with van der Waals surface area (Å²) in [4.78, 5) is 45.5. The Labute approximate surface area is 210 Å². The van der Waals surface area contributed by atoms with Gasteiger partial charge >= 0.3 is 0 Å². The molecular weight excluding hydrogens is 464 g/mol. The van der Waals surface area contributed by atoms with Crippen LogP contribution < -0.4 is 10.6 Å². The van der Waals surface area contributed by atoms with E-state index in [2.05, 4.69) is 27.8 Å². The summed E-state index contributed by atoms with van der Waals surface area (Å²) in [5, 5.41) is 16.2. The lowest BCUT2D eigenvalue weighted by Gasteiger charge is -2.35. The van der Waals surface area contributed by atoms with Crippen LogP contribution in [0.5, 0.6) is 0 Å². The van der Waals surface area contributed by atoms with Gasteiger partial charge in [0.15, 0.2) is 0 Å². The summed E-state index contributed by atoms with van der Waals surface area (Å²) in [7, 11) is 0. The van der Waals surface area contributed by atoms with Gasteiger partial charge in [0.25, 0.3) is 0 Å². The maximum absolute atomic E-state index is 13.4. The number of benzene rings is 1. The third kappa shape index (κ3) is 5.26. The molecule has 1 aromatic heterocycles. The largest absolute Gasteiger partial charge is 0.391 e. The lowest BCUT2D eigenvalue weighted by molar-refractivity contribution is -0.144. The van der Waals surface area contributed by atoms with Gasteiger partial charge in [-0.15, -0.1) is 11.3 Å². The van der Waals surface area contributed by atoms with Gasteiger partial charge in [-0.2, -0.15) is 0 Å². The molecule has 1 aliphatic carbocycles. The van der Waals surface area contributed by atoms with Crippen LogP contribution in [0.15, 0.2) is 29.8 Å². The molecule has 1 saturated heterocycles. The second kappa shape index (κ2) is 9.35. The summed E-state index contributed by atoms with van der Waals surface area (Å²) in [6.45, 7) is 9.02. The van der Waals surface area contributed by atoms with Crippen molar-refractivity contribution in [2.24, 2.45) is 5.41 Å². The van der Waals surface area contributed by atoms with Gasteiger partial charge in [-0.05, 0) is 36.3 Å². The SMILES string of the molecule is CC(=O)N[C@H](C(=O)N1C[C@H](O)C[C@H]1C(=O)NC1(c2ccc(-c3scnc3C)cc2)CC1)C(C)(C)C. The second-order valence-electron chi connectivity index (χ2n) is 10.8. The predicted molar refractivity (Wildman–Crippen MR) is 135 cm³/mol. The summed E-state index contributed by atoms with van der Waals surface area (Å²) < 4.78 is 0. The van der Waals surface area contributed by atoms with Gasteiger partial charge in [0.05, 0.1) is 27.7 Å². The van der Waals surface area contributed by atoms with Crippen molar-refractivity contribution in [1.29, 1.82) is 0 Å². The van der Waals surface area contributed by atoms with Gasteiger partial charge in [0.2, 0.25) is 17.7 Å². The van der Waals surface area contributed by atoms with E-state index in [1.807, 2.05) is 45.3 Å². The monoisotopic (exact) mass is 498 g/mol. The lowest BCUT2D eigenvalue weighted by Crippen LogP contribution is -2.58. The van der Waals surface area contributed by atoms with Crippen LogP contribution in [-0.2, 0) is 19.9 Å². The van der Waals surface area contributed by atoms with Gasteiger partial charge in [-0.3, -0.25) is 14.4 Å². The average Bonchev–Trinajstić information content (AvgIpc) is 3.25. The normalized spacial score (nSPS) is 21.9. The Kier molecular flexibility index (Phi) is 6.76. The molecule has 0 bridgehead atoms. The van der Waals surface area contributed by atoms with Crippen LogP contribution in [0.4, 0.5) is 0 Å². The molecule has 1 saturated carbocycles. The highest BCUT2D eigenvalue weighted by molar-refractivity contribution is 7.13.